The van der Waals surface area contributed by atoms with E-state index in [9.17, 15) is 15.2 Å². The highest BCUT2D eigenvalue weighted by atomic mass is 32.1. The number of aliphatic hydroxyl groups excluding tert-OH is 1. The number of thiophene rings is 1. The summed E-state index contributed by atoms with van der Waals surface area (Å²) in [4.78, 5) is 10.1. The largest absolute Gasteiger partial charge is 0.392 e. The van der Waals surface area contributed by atoms with Gasteiger partial charge in [0.25, 0.3) is 0 Å². The van der Waals surface area contributed by atoms with Crippen molar-refractivity contribution >= 4 is 16.3 Å². The van der Waals surface area contributed by atoms with Gasteiger partial charge in [-0.05, 0) is 17.4 Å². The van der Waals surface area contributed by atoms with Crippen LogP contribution in [0.5, 0.6) is 0 Å². The average molecular weight is 272 g/mol. The quantitative estimate of drug-likeness (QED) is 0.616. The zero-order valence-corrected chi connectivity index (χ0v) is 11.8. The van der Waals surface area contributed by atoms with Gasteiger partial charge in [0.05, 0.1) is 11.0 Å². The van der Waals surface area contributed by atoms with Crippen molar-refractivity contribution in [3.63, 3.8) is 0 Å². The maximum Gasteiger partial charge on any atom is 0.324 e. The molecule has 102 valence electrons. The monoisotopic (exact) mass is 272 g/mol. The van der Waals surface area contributed by atoms with Crippen molar-refractivity contribution in [1.29, 1.82) is 0 Å². The Bertz CT molecular complexity index is 398. The standard InChI is InChI=1S/C12H20N2O3S/c1-12(2,3)5-10(15)7-13-6-9-4-11(14(16)17)18-8-9/h4,8,10,13,15H,5-7H2,1-3H3. The van der Waals surface area contributed by atoms with E-state index in [1.807, 2.05) is 0 Å². The lowest BCUT2D eigenvalue weighted by Crippen LogP contribution is -2.29. The van der Waals surface area contributed by atoms with E-state index in [1.54, 1.807) is 11.4 Å². The van der Waals surface area contributed by atoms with Crippen molar-refractivity contribution in [1.82, 2.24) is 5.32 Å². The van der Waals surface area contributed by atoms with Crippen LogP contribution in [0.4, 0.5) is 5.00 Å². The molecule has 0 fully saturated rings. The first-order valence-electron chi connectivity index (χ1n) is 5.88. The van der Waals surface area contributed by atoms with Crippen molar-refractivity contribution in [3.8, 4) is 0 Å². The second kappa shape index (κ2) is 6.26. The van der Waals surface area contributed by atoms with Crippen LogP contribution in [0.25, 0.3) is 0 Å². The van der Waals surface area contributed by atoms with Crippen molar-refractivity contribution < 1.29 is 10.0 Å². The maximum atomic E-state index is 10.5. The summed E-state index contributed by atoms with van der Waals surface area (Å²) in [5.41, 5.74) is 0.983. The van der Waals surface area contributed by atoms with E-state index in [-0.39, 0.29) is 15.3 Å². The van der Waals surface area contributed by atoms with E-state index in [4.69, 9.17) is 0 Å². The number of rotatable bonds is 6. The Morgan fingerprint density at radius 3 is 2.72 bits per heavy atom. The molecule has 0 bridgehead atoms. The van der Waals surface area contributed by atoms with Gasteiger partial charge in [0.1, 0.15) is 0 Å². The summed E-state index contributed by atoms with van der Waals surface area (Å²) in [6, 6.07) is 1.56. The van der Waals surface area contributed by atoms with Crippen molar-refractivity contribution in [3.05, 3.63) is 27.1 Å². The third-order valence-electron chi connectivity index (χ3n) is 2.38. The van der Waals surface area contributed by atoms with Crippen LogP contribution in [-0.2, 0) is 6.54 Å². The van der Waals surface area contributed by atoms with E-state index >= 15 is 0 Å². The number of hydrogen-bond donors (Lipinski definition) is 2. The highest BCUT2D eigenvalue weighted by molar-refractivity contribution is 7.13. The van der Waals surface area contributed by atoms with Gasteiger partial charge in [0, 0.05) is 24.5 Å². The zero-order chi connectivity index (χ0) is 13.8. The van der Waals surface area contributed by atoms with Crippen molar-refractivity contribution in [2.75, 3.05) is 6.54 Å². The second-order valence-corrected chi connectivity index (χ2v) is 6.49. The topological polar surface area (TPSA) is 75.4 Å². The molecule has 1 unspecified atom stereocenters. The fourth-order valence-electron chi connectivity index (χ4n) is 1.71. The summed E-state index contributed by atoms with van der Waals surface area (Å²) in [5, 5.41) is 25.3. The maximum absolute atomic E-state index is 10.5. The second-order valence-electron chi connectivity index (χ2n) is 5.60. The van der Waals surface area contributed by atoms with Crippen LogP contribution < -0.4 is 5.32 Å². The molecule has 0 aromatic carbocycles. The molecule has 1 atom stereocenters. The molecule has 5 nitrogen and oxygen atoms in total. The fourth-order valence-corrected chi connectivity index (χ4v) is 2.44. The van der Waals surface area contributed by atoms with E-state index in [0.29, 0.717) is 13.1 Å². The highest BCUT2D eigenvalue weighted by Gasteiger charge is 2.16. The Hall–Kier alpha value is -0.980. The number of nitrogens with one attached hydrogen (secondary N) is 1. The lowest BCUT2D eigenvalue weighted by molar-refractivity contribution is -0.380. The molecular formula is C12H20N2O3S. The van der Waals surface area contributed by atoms with Crippen LogP contribution >= 0.6 is 11.3 Å². The van der Waals surface area contributed by atoms with Crippen LogP contribution in [0.2, 0.25) is 0 Å². The number of nitro groups is 1. The SMILES string of the molecule is CC(C)(C)CC(O)CNCc1csc([N+](=O)[O-])c1. The van der Waals surface area contributed by atoms with Gasteiger partial charge in [-0.1, -0.05) is 32.1 Å². The van der Waals surface area contributed by atoms with Crippen molar-refractivity contribution in [2.45, 2.75) is 39.8 Å². The third-order valence-corrected chi connectivity index (χ3v) is 3.31. The molecule has 1 aromatic heterocycles. The summed E-state index contributed by atoms with van der Waals surface area (Å²) in [6.07, 6.45) is 0.336. The van der Waals surface area contributed by atoms with E-state index < -0.39 is 6.10 Å². The molecule has 18 heavy (non-hydrogen) atoms. The Kier molecular flexibility index (Phi) is 5.25. The van der Waals surface area contributed by atoms with Crippen molar-refractivity contribution in [2.24, 2.45) is 5.41 Å². The molecule has 0 aliphatic carbocycles. The first-order valence-corrected chi connectivity index (χ1v) is 6.76. The first-order chi connectivity index (χ1) is 8.28. The summed E-state index contributed by atoms with van der Waals surface area (Å²) in [5.74, 6) is 0. The summed E-state index contributed by atoms with van der Waals surface area (Å²) in [6.45, 7) is 7.29. The summed E-state index contributed by atoms with van der Waals surface area (Å²) >= 11 is 1.12. The molecule has 0 amide bonds. The van der Waals surface area contributed by atoms with Gasteiger partial charge in [-0.25, -0.2) is 0 Å². The molecule has 0 aliphatic rings. The molecule has 1 heterocycles. The van der Waals surface area contributed by atoms with E-state index in [1.165, 1.54) is 0 Å². The molecule has 2 N–H and O–H groups in total. The minimum Gasteiger partial charge on any atom is -0.392 e. The van der Waals surface area contributed by atoms with Crippen LogP contribution in [0.1, 0.15) is 32.8 Å². The molecule has 0 radical (unpaired) electrons. The number of nitrogens with zero attached hydrogens (tertiary/aromatic N) is 1. The normalized spacial score (nSPS) is 13.6. The van der Waals surface area contributed by atoms with E-state index in [0.717, 1.165) is 23.3 Å². The molecule has 6 heteroatoms. The summed E-state index contributed by atoms with van der Waals surface area (Å²) in [7, 11) is 0. The van der Waals surface area contributed by atoms with Gasteiger partial charge in [-0.15, -0.1) is 0 Å². The van der Waals surface area contributed by atoms with Gasteiger partial charge in [-0.3, -0.25) is 10.1 Å². The molecule has 0 spiro atoms. The van der Waals surface area contributed by atoms with Gasteiger partial charge in [-0.2, -0.15) is 0 Å². The van der Waals surface area contributed by atoms with Gasteiger partial charge in [0.2, 0.25) is 0 Å². The minimum atomic E-state index is -0.390. The predicted molar refractivity (Wildman–Crippen MR) is 72.8 cm³/mol. The minimum absolute atomic E-state index is 0.0995. The average Bonchev–Trinajstić information content (AvgIpc) is 2.63. The highest BCUT2D eigenvalue weighted by Crippen LogP contribution is 2.23. The smallest absolute Gasteiger partial charge is 0.324 e. The van der Waals surface area contributed by atoms with Gasteiger partial charge in [0.15, 0.2) is 0 Å². The predicted octanol–water partition coefficient (Wildman–Crippen LogP) is 2.54. The lowest BCUT2D eigenvalue weighted by atomic mass is 9.89. The summed E-state index contributed by atoms with van der Waals surface area (Å²) < 4.78 is 0. The Labute approximate surface area is 111 Å². The van der Waals surface area contributed by atoms with Crippen LogP contribution in [-0.4, -0.2) is 22.7 Å². The van der Waals surface area contributed by atoms with E-state index in [2.05, 4.69) is 26.1 Å². The Morgan fingerprint density at radius 1 is 1.56 bits per heavy atom. The number of aliphatic hydroxyl groups is 1. The first kappa shape index (κ1) is 15.1. The molecule has 0 aliphatic heterocycles. The molecule has 1 rings (SSSR count). The van der Waals surface area contributed by atoms with Gasteiger partial charge < -0.3 is 10.4 Å². The van der Waals surface area contributed by atoms with Crippen LogP contribution in [0, 0.1) is 15.5 Å². The van der Waals surface area contributed by atoms with Gasteiger partial charge >= 0.3 is 5.00 Å². The third kappa shape index (κ3) is 5.57. The molecule has 1 aromatic rings. The van der Waals surface area contributed by atoms with Crippen LogP contribution in [0.15, 0.2) is 11.4 Å². The van der Waals surface area contributed by atoms with Crippen LogP contribution in [0.3, 0.4) is 0 Å². The Balaban J connectivity index is 2.31. The lowest BCUT2D eigenvalue weighted by Gasteiger charge is -2.22. The molecule has 0 saturated carbocycles. The molecule has 0 saturated heterocycles. The Morgan fingerprint density at radius 2 is 2.22 bits per heavy atom. The molecular weight excluding hydrogens is 252 g/mol. The number of hydrogen-bond acceptors (Lipinski definition) is 5. The zero-order valence-electron chi connectivity index (χ0n) is 11.0. The fraction of sp³-hybridized carbons (Fsp3) is 0.667.